The molecule has 2 fully saturated rings. The number of hydrogen-bond donors (Lipinski definition) is 2. The van der Waals surface area contributed by atoms with Gasteiger partial charge in [0.05, 0.1) is 11.6 Å². The van der Waals surface area contributed by atoms with Gasteiger partial charge in [0.2, 0.25) is 0 Å². The Morgan fingerprint density at radius 2 is 2.38 bits per heavy atom. The van der Waals surface area contributed by atoms with Crippen molar-refractivity contribution in [2.45, 2.75) is 49.4 Å². The van der Waals surface area contributed by atoms with E-state index >= 15 is 0 Å². The molecule has 0 saturated carbocycles. The Kier molecular flexibility index (Phi) is 3.42. The summed E-state index contributed by atoms with van der Waals surface area (Å²) in [4.78, 5) is 21.5. The van der Waals surface area contributed by atoms with Crippen molar-refractivity contribution in [1.82, 2.24) is 10.6 Å². The Balaban J connectivity index is 1.83. The summed E-state index contributed by atoms with van der Waals surface area (Å²) < 4.78 is 0. The molecule has 2 N–H and O–H groups in total. The highest BCUT2D eigenvalue weighted by Gasteiger charge is 2.51. The van der Waals surface area contributed by atoms with Crippen LogP contribution in [0.4, 0.5) is 4.79 Å². The van der Waals surface area contributed by atoms with Crippen LogP contribution >= 0.6 is 11.8 Å². The van der Waals surface area contributed by atoms with Gasteiger partial charge in [-0.1, -0.05) is 6.42 Å². The average molecular weight is 242 g/mol. The number of carbonyl (C=O) groups is 2. The number of carbonyl (C=O) groups excluding carboxylic acids is 2. The minimum atomic E-state index is -0.0723. The number of rotatable bonds is 5. The third-order valence-electron chi connectivity index (χ3n) is 3.40. The Morgan fingerprint density at radius 1 is 1.56 bits per heavy atom. The molecule has 2 amide bonds. The van der Waals surface area contributed by atoms with Crippen molar-refractivity contribution in [1.29, 1.82) is 0 Å². The molecule has 0 aliphatic carbocycles. The van der Waals surface area contributed by atoms with Crippen LogP contribution in [0.5, 0.6) is 0 Å². The molecule has 16 heavy (non-hydrogen) atoms. The fourth-order valence-electron chi connectivity index (χ4n) is 2.50. The van der Waals surface area contributed by atoms with Crippen molar-refractivity contribution in [3.8, 4) is 0 Å². The van der Waals surface area contributed by atoms with Crippen LogP contribution in [0.2, 0.25) is 0 Å². The van der Waals surface area contributed by atoms with Gasteiger partial charge in [0, 0.05) is 17.4 Å². The zero-order valence-electron chi connectivity index (χ0n) is 9.49. The van der Waals surface area contributed by atoms with Gasteiger partial charge < -0.3 is 15.4 Å². The largest absolute Gasteiger partial charge is 0.332 e. The van der Waals surface area contributed by atoms with Gasteiger partial charge in [0.25, 0.3) is 0 Å². The quantitative estimate of drug-likeness (QED) is 0.434. The van der Waals surface area contributed by atoms with Crippen LogP contribution in [0.1, 0.15) is 32.6 Å². The van der Waals surface area contributed by atoms with Crippen LogP contribution in [-0.2, 0) is 4.79 Å². The van der Waals surface area contributed by atoms with Crippen LogP contribution in [0.3, 0.4) is 0 Å². The maximum absolute atomic E-state index is 11.3. The fraction of sp³-hybridized carbons (Fsp3) is 0.818. The lowest BCUT2D eigenvalue weighted by Gasteiger charge is -2.23. The first-order valence-electron chi connectivity index (χ1n) is 5.79. The number of fused-ring (bicyclic) bond motifs is 1. The maximum Gasteiger partial charge on any atom is 0.315 e. The van der Waals surface area contributed by atoms with E-state index in [9.17, 15) is 9.59 Å². The van der Waals surface area contributed by atoms with Crippen molar-refractivity contribution >= 4 is 24.1 Å². The van der Waals surface area contributed by atoms with Crippen LogP contribution in [0, 0.1) is 0 Å². The molecule has 2 heterocycles. The predicted molar refractivity (Wildman–Crippen MR) is 64.6 cm³/mol. The molecular weight excluding hydrogens is 224 g/mol. The van der Waals surface area contributed by atoms with Gasteiger partial charge in [-0.15, -0.1) is 0 Å². The van der Waals surface area contributed by atoms with Crippen LogP contribution < -0.4 is 10.6 Å². The number of aldehydes is 1. The van der Waals surface area contributed by atoms with E-state index in [0.717, 1.165) is 31.3 Å². The molecule has 0 aromatic heterocycles. The Morgan fingerprint density at radius 3 is 3.12 bits per heavy atom. The first kappa shape index (κ1) is 11.8. The molecule has 2 aliphatic heterocycles. The molecule has 3 unspecified atom stereocenters. The van der Waals surface area contributed by atoms with E-state index < -0.39 is 0 Å². The van der Waals surface area contributed by atoms with Crippen LogP contribution in [0.15, 0.2) is 0 Å². The third-order valence-corrected chi connectivity index (χ3v) is 5.10. The SMILES string of the molecule is CC12CSC(CCCCC=O)C1NC(=O)N2. The number of thioether (sulfide) groups is 1. The van der Waals surface area contributed by atoms with Crippen molar-refractivity contribution in [2.75, 3.05) is 5.75 Å². The summed E-state index contributed by atoms with van der Waals surface area (Å²) in [5.74, 6) is 0.981. The number of amides is 2. The molecule has 2 saturated heterocycles. The summed E-state index contributed by atoms with van der Waals surface area (Å²) in [5, 5.41) is 6.50. The minimum absolute atomic E-state index is 0.0364. The second-order valence-electron chi connectivity index (χ2n) is 4.79. The van der Waals surface area contributed by atoms with E-state index in [1.54, 1.807) is 0 Å². The second kappa shape index (κ2) is 4.65. The fourth-order valence-corrected chi connectivity index (χ4v) is 4.21. The molecule has 0 spiro atoms. The van der Waals surface area contributed by atoms with Crippen molar-refractivity contribution in [3.05, 3.63) is 0 Å². The van der Waals surface area contributed by atoms with Gasteiger partial charge in [-0.2, -0.15) is 11.8 Å². The zero-order chi connectivity index (χ0) is 11.6. The van der Waals surface area contributed by atoms with E-state index in [-0.39, 0.29) is 17.6 Å². The minimum Gasteiger partial charge on any atom is -0.332 e. The highest BCUT2D eigenvalue weighted by Crippen LogP contribution is 2.39. The molecule has 4 nitrogen and oxygen atoms in total. The molecule has 2 rings (SSSR count). The van der Waals surface area contributed by atoms with E-state index in [0.29, 0.717) is 11.7 Å². The Bertz CT molecular complexity index is 298. The molecule has 0 bridgehead atoms. The maximum atomic E-state index is 11.3. The molecule has 5 heteroatoms. The topological polar surface area (TPSA) is 58.2 Å². The predicted octanol–water partition coefficient (Wildman–Crippen LogP) is 1.30. The smallest absolute Gasteiger partial charge is 0.315 e. The highest BCUT2D eigenvalue weighted by molar-refractivity contribution is 8.00. The lowest BCUT2D eigenvalue weighted by atomic mass is 9.92. The summed E-state index contributed by atoms with van der Waals surface area (Å²) in [5.41, 5.74) is -0.0723. The summed E-state index contributed by atoms with van der Waals surface area (Å²) in [7, 11) is 0. The monoisotopic (exact) mass is 242 g/mol. The van der Waals surface area contributed by atoms with Gasteiger partial charge in [-0.3, -0.25) is 0 Å². The van der Waals surface area contributed by atoms with E-state index in [4.69, 9.17) is 0 Å². The number of nitrogens with one attached hydrogen (secondary N) is 2. The molecule has 90 valence electrons. The number of urea groups is 1. The van der Waals surface area contributed by atoms with Gasteiger partial charge in [-0.05, 0) is 19.8 Å². The van der Waals surface area contributed by atoms with Crippen molar-refractivity contribution in [2.24, 2.45) is 0 Å². The summed E-state index contributed by atoms with van der Waals surface area (Å²) >= 11 is 1.93. The molecule has 0 radical (unpaired) electrons. The van der Waals surface area contributed by atoms with Gasteiger partial charge in [0.15, 0.2) is 0 Å². The first-order valence-corrected chi connectivity index (χ1v) is 6.84. The Labute approximate surface area is 99.9 Å². The molecular formula is C11H18N2O2S. The van der Waals surface area contributed by atoms with Crippen molar-refractivity contribution < 1.29 is 9.59 Å². The van der Waals surface area contributed by atoms with E-state index in [1.165, 1.54) is 0 Å². The van der Waals surface area contributed by atoms with E-state index in [2.05, 4.69) is 17.6 Å². The molecule has 2 aliphatic rings. The highest BCUT2D eigenvalue weighted by atomic mass is 32.2. The third kappa shape index (κ3) is 2.19. The second-order valence-corrected chi connectivity index (χ2v) is 6.02. The van der Waals surface area contributed by atoms with Crippen LogP contribution in [0.25, 0.3) is 0 Å². The normalized spacial score (nSPS) is 36.7. The number of hydrogen-bond acceptors (Lipinski definition) is 3. The summed E-state index contributed by atoms with van der Waals surface area (Å²) in [6.45, 7) is 2.11. The average Bonchev–Trinajstić information content (AvgIpc) is 2.67. The standard InChI is InChI=1S/C11H18N2O2S/c1-11-7-16-8(5-3-2-4-6-14)9(11)12-10(15)13-11/h6,8-9H,2-5,7H2,1H3,(H2,12,13,15). The molecule has 3 atom stereocenters. The summed E-state index contributed by atoms with van der Waals surface area (Å²) in [6.07, 6.45) is 4.75. The summed E-state index contributed by atoms with van der Waals surface area (Å²) in [6, 6.07) is 0.215. The zero-order valence-corrected chi connectivity index (χ0v) is 10.3. The Hall–Kier alpha value is -0.710. The van der Waals surface area contributed by atoms with E-state index in [1.807, 2.05) is 11.8 Å². The van der Waals surface area contributed by atoms with Gasteiger partial charge in [0.1, 0.15) is 6.29 Å². The molecule has 0 aromatic carbocycles. The lowest BCUT2D eigenvalue weighted by Crippen LogP contribution is -2.47. The van der Waals surface area contributed by atoms with Gasteiger partial charge in [-0.25, -0.2) is 4.79 Å². The lowest BCUT2D eigenvalue weighted by molar-refractivity contribution is -0.107. The first-order chi connectivity index (χ1) is 7.65. The van der Waals surface area contributed by atoms with Gasteiger partial charge >= 0.3 is 6.03 Å². The van der Waals surface area contributed by atoms with Crippen molar-refractivity contribution in [3.63, 3.8) is 0 Å². The number of unbranched alkanes of at least 4 members (excludes halogenated alkanes) is 2. The molecule has 0 aromatic rings. The van der Waals surface area contributed by atoms with Crippen LogP contribution in [-0.4, -0.2) is 34.9 Å².